The van der Waals surface area contributed by atoms with E-state index in [1.54, 1.807) is 0 Å². The van der Waals surface area contributed by atoms with Crippen LogP contribution in [0.2, 0.25) is 0 Å². The zero-order valence-corrected chi connectivity index (χ0v) is 22.0. The fourth-order valence-corrected chi connectivity index (χ4v) is 5.80. The van der Waals surface area contributed by atoms with Crippen LogP contribution in [-0.4, -0.2) is 52.0 Å². The van der Waals surface area contributed by atoms with Crippen LogP contribution < -0.4 is 10.1 Å². The summed E-state index contributed by atoms with van der Waals surface area (Å²) in [7, 11) is 0. The fraction of sp³-hybridized carbons (Fsp3) is 0.500. The van der Waals surface area contributed by atoms with Gasteiger partial charge in [0, 0.05) is 31.7 Å². The van der Waals surface area contributed by atoms with Gasteiger partial charge in [-0.2, -0.15) is 0 Å². The molecule has 3 heterocycles. The number of fused-ring (bicyclic) bond motifs is 2. The smallest absolute Gasteiger partial charge is 0.260 e. The number of nitrogens with zero attached hydrogens (tertiary/aromatic N) is 3. The molecule has 7 heteroatoms. The van der Waals surface area contributed by atoms with Gasteiger partial charge >= 0.3 is 0 Å². The van der Waals surface area contributed by atoms with Gasteiger partial charge in [0.15, 0.2) is 6.10 Å². The van der Waals surface area contributed by atoms with Gasteiger partial charge < -0.3 is 19.5 Å². The number of carbonyl (C=O) groups excluding carboxylic acids is 2. The van der Waals surface area contributed by atoms with Gasteiger partial charge in [0.25, 0.3) is 11.8 Å². The molecule has 0 aliphatic carbocycles. The Labute approximate surface area is 219 Å². The zero-order chi connectivity index (χ0) is 25.8. The molecule has 2 aromatic carbocycles. The summed E-state index contributed by atoms with van der Waals surface area (Å²) in [6.45, 7) is 6.91. The Hall–Kier alpha value is -3.35. The number of aromatic nitrogens is 2. The van der Waals surface area contributed by atoms with E-state index < -0.39 is 6.10 Å². The molecule has 3 aromatic rings. The third-order valence-corrected chi connectivity index (χ3v) is 8.13. The lowest BCUT2D eigenvalue weighted by molar-refractivity contribution is -0.128. The van der Waals surface area contributed by atoms with Gasteiger partial charge in [-0.05, 0) is 80.7 Å². The van der Waals surface area contributed by atoms with Crippen LogP contribution in [0.4, 0.5) is 0 Å². The Morgan fingerprint density at radius 3 is 2.76 bits per heavy atom. The second kappa shape index (κ2) is 11.0. The molecule has 1 N–H and O–H groups in total. The summed E-state index contributed by atoms with van der Waals surface area (Å²) in [6.07, 6.45) is 8.29. The van der Waals surface area contributed by atoms with E-state index >= 15 is 0 Å². The Morgan fingerprint density at radius 1 is 1.14 bits per heavy atom. The first-order valence-electron chi connectivity index (χ1n) is 13.7. The minimum absolute atomic E-state index is 0.00770. The van der Waals surface area contributed by atoms with Gasteiger partial charge in [-0.1, -0.05) is 31.5 Å². The first kappa shape index (κ1) is 25.3. The number of hydrogen-bond acceptors (Lipinski definition) is 4. The highest BCUT2D eigenvalue weighted by molar-refractivity contribution is 5.97. The first-order chi connectivity index (χ1) is 18.0. The number of piperidine rings is 1. The number of benzene rings is 2. The number of hydrogen-bond donors (Lipinski definition) is 1. The first-order valence-corrected chi connectivity index (χ1v) is 13.7. The van der Waals surface area contributed by atoms with Crippen molar-refractivity contribution in [3.63, 3.8) is 0 Å². The van der Waals surface area contributed by atoms with Gasteiger partial charge in [0.1, 0.15) is 5.75 Å². The number of ether oxygens (including phenoxy) is 1. The molecular formula is C30H38N4O3. The summed E-state index contributed by atoms with van der Waals surface area (Å²) in [5, 5.41) is 3.17. The summed E-state index contributed by atoms with van der Waals surface area (Å²) >= 11 is 0. The predicted molar refractivity (Wildman–Crippen MR) is 145 cm³/mol. The predicted octanol–water partition coefficient (Wildman–Crippen LogP) is 4.98. The number of carbonyl (C=O) groups is 2. The van der Waals surface area contributed by atoms with Crippen molar-refractivity contribution in [1.29, 1.82) is 0 Å². The molecule has 2 amide bonds. The third-order valence-electron chi connectivity index (χ3n) is 8.13. The van der Waals surface area contributed by atoms with Crippen molar-refractivity contribution in [3.05, 3.63) is 59.9 Å². The largest absolute Gasteiger partial charge is 0.481 e. The Bertz CT molecular complexity index is 1260. The Balaban J connectivity index is 1.25. The van der Waals surface area contributed by atoms with Crippen molar-refractivity contribution in [3.8, 4) is 5.75 Å². The molecular weight excluding hydrogens is 464 g/mol. The van der Waals surface area contributed by atoms with Crippen molar-refractivity contribution >= 4 is 22.8 Å². The second-order valence-electron chi connectivity index (χ2n) is 10.7. The quantitative estimate of drug-likeness (QED) is 0.548. The van der Waals surface area contributed by atoms with Gasteiger partial charge in [-0.3, -0.25) is 9.59 Å². The van der Waals surface area contributed by atoms with E-state index in [9.17, 15) is 9.59 Å². The third kappa shape index (κ3) is 5.50. The summed E-state index contributed by atoms with van der Waals surface area (Å²) < 4.78 is 8.16. The molecule has 196 valence electrons. The highest BCUT2D eigenvalue weighted by atomic mass is 16.5. The lowest BCUT2D eigenvalue weighted by atomic mass is 9.74. The summed E-state index contributed by atoms with van der Waals surface area (Å²) in [5.41, 5.74) is 3.80. The average molecular weight is 503 g/mol. The topological polar surface area (TPSA) is 76.5 Å². The van der Waals surface area contributed by atoms with Crippen molar-refractivity contribution in [2.24, 2.45) is 5.41 Å². The van der Waals surface area contributed by atoms with Crippen LogP contribution in [0, 0.1) is 5.41 Å². The molecule has 5 rings (SSSR count). The number of nitrogens with one attached hydrogen (secondary N) is 1. The maximum Gasteiger partial charge on any atom is 0.260 e. The van der Waals surface area contributed by atoms with Crippen LogP contribution in [0.15, 0.2) is 48.8 Å². The Kier molecular flexibility index (Phi) is 7.49. The molecule has 1 fully saturated rings. The average Bonchev–Trinajstić information content (AvgIpc) is 3.32. The van der Waals surface area contributed by atoms with Crippen LogP contribution in [0.25, 0.3) is 11.0 Å². The zero-order valence-electron chi connectivity index (χ0n) is 22.0. The second-order valence-corrected chi connectivity index (χ2v) is 10.7. The lowest BCUT2D eigenvalue weighted by Crippen LogP contribution is -2.49. The van der Waals surface area contributed by atoms with Gasteiger partial charge in [-0.25, -0.2) is 4.98 Å². The molecule has 37 heavy (non-hydrogen) atoms. The number of para-hydroxylation sites is 1. The van der Waals surface area contributed by atoms with Gasteiger partial charge in [0.05, 0.1) is 17.4 Å². The molecule has 2 aliphatic heterocycles. The van der Waals surface area contributed by atoms with Crippen molar-refractivity contribution < 1.29 is 14.3 Å². The molecule has 1 atom stereocenters. The molecule has 0 bridgehead atoms. The Morgan fingerprint density at radius 2 is 1.95 bits per heavy atom. The number of likely N-dealkylation sites (tertiary alicyclic amines) is 1. The maximum atomic E-state index is 13.4. The molecule has 0 radical (unpaired) electrons. The van der Waals surface area contributed by atoms with Crippen LogP contribution in [-0.2, 0) is 17.8 Å². The maximum absolute atomic E-state index is 13.4. The van der Waals surface area contributed by atoms with Gasteiger partial charge in [-0.15, -0.1) is 0 Å². The minimum Gasteiger partial charge on any atom is -0.481 e. The molecule has 2 aliphatic rings. The normalized spacial score (nSPS) is 20.4. The number of imidazole rings is 1. The number of rotatable bonds is 3. The lowest BCUT2D eigenvalue weighted by Gasteiger charge is -2.42. The fourth-order valence-electron chi connectivity index (χ4n) is 5.80. The molecule has 0 unspecified atom stereocenters. The van der Waals surface area contributed by atoms with Gasteiger partial charge in [0.2, 0.25) is 0 Å². The van der Waals surface area contributed by atoms with Crippen LogP contribution >= 0.6 is 0 Å². The SMILES string of the molecule is CCCn1cnc2cc(C(=O)N3CCC4(CCCCc5ccccc5O[C@H](C)C(=O)NC4)CC3)ccc21. The van der Waals surface area contributed by atoms with Crippen molar-refractivity contribution in [1.82, 2.24) is 19.8 Å². The van der Waals surface area contributed by atoms with E-state index in [-0.39, 0.29) is 17.2 Å². The highest BCUT2D eigenvalue weighted by Crippen LogP contribution is 2.37. The number of amides is 2. The molecule has 7 nitrogen and oxygen atoms in total. The molecule has 0 saturated carbocycles. The van der Waals surface area contributed by atoms with Crippen LogP contribution in [0.1, 0.15) is 68.3 Å². The van der Waals surface area contributed by atoms with E-state index in [0.29, 0.717) is 25.2 Å². The van der Waals surface area contributed by atoms with Crippen LogP contribution in [0.5, 0.6) is 5.75 Å². The molecule has 1 spiro atoms. The van der Waals surface area contributed by atoms with E-state index in [1.807, 2.05) is 54.5 Å². The van der Waals surface area contributed by atoms with E-state index in [1.165, 1.54) is 0 Å². The van der Waals surface area contributed by atoms with Crippen molar-refractivity contribution in [2.45, 2.75) is 71.4 Å². The standard InChI is InChI=1S/C30H38N4O3/c1-3-16-34-21-32-25-19-24(11-12-26(25)34)29(36)33-17-14-30(15-18-33)13-7-6-9-23-8-4-5-10-27(23)37-22(2)28(35)31-20-30/h4-5,8,10-12,19,21-22H,3,6-7,9,13-18,20H2,1-2H3,(H,31,35)/t22-/m1/s1. The minimum atomic E-state index is -0.546. The molecule has 1 saturated heterocycles. The summed E-state index contributed by atoms with van der Waals surface area (Å²) in [5.74, 6) is 0.796. The molecule has 1 aromatic heterocycles. The van der Waals surface area contributed by atoms with Crippen LogP contribution in [0.3, 0.4) is 0 Å². The van der Waals surface area contributed by atoms with E-state index in [4.69, 9.17) is 4.74 Å². The summed E-state index contributed by atoms with van der Waals surface area (Å²) in [6, 6.07) is 13.9. The van der Waals surface area contributed by atoms with Crippen molar-refractivity contribution in [2.75, 3.05) is 19.6 Å². The van der Waals surface area contributed by atoms with E-state index in [0.717, 1.165) is 73.8 Å². The number of aryl methyl sites for hydroxylation is 2. The monoisotopic (exact) mass is 502 g/mol. The highest BCUT2D eigenvalue weighted by Gasteiger charge is 2.36. The van der Waals surface area contributed by atoms with E-state index in [2.05, 4.69) is 27.9 Å². The summed E-state index contributed by atoms with van der Waals surface area (Å²) in [4.78, 5) is 32.7.